The van der Waals surface area contributed by atoms with Crippen LogP contribution in [0.25, 0.3) is 0 Å². The van der Waals surface area contributed by atoms with Gasteiger partial charge < -0.3 is 25.5 Å². The quantitative estimate of drug-likeness (QED) is 0.0899. The summed E-state index contributed by atoms with van der Waals surface area (Å²) in [6.45, 7) is 0. The van der Waals surface area contributed by atoms with E-state index in [1.54, 1.807) is 0 Å². The number of aliphatic imine (C=N–C) groups is 2. The van der Waals surface area contributed by atoms with Crippen LogP contribution in [0.4, 0.5) is 11.4 Å². The number of nitrogens with zero attached hydrogens (tertiary/aromatic N) is 2. The molecule has 1 radical (unpaired) electrons. The predicted octanol–water partition coefficient (Wildman–Crippen LogP) is -5.48. The van der Waals surface area contributed by atoms with Gasteiger partial charge in [0.25, 0.3) is 0 Å². The Morgan fingerprint density at radius 2 is 1.47 bits per heavy atom. The van der Waals surface area contributed by atoms with Crippen LogP contribution >= 0.6 is 12.0 Å². The Kier molecular flexibility index (Phi) is 19.2. The van der Waals surface area contributed by atoms with E-state index in [0.717, 1.165) is 30.6 Å². The van der Waals surface area contributed by atoms with Gasteiger partial charge in [-0.2, -0.15) is 4.33 Å². The van der Waals surface area contributed by atoms with Crippen LogP contribution in [0.1, 0.15) is 0 Å². The van der Waals surface area contributed by atoms with Crippen molar-refractivity contribution in [2.24, 2.45) is 9.98 Å². The van der Waals surface area contributed by atoms with Gasteiger partial charge in [0.05, 0.1) is 16.9 Å². The molecule has 2 aromatic rings. The van der Waals surface area contributed by atoms with E-state index in [9.17, 15) is 28.4 Å². The average Bonchev–Trinajstić information content (AvgIpc) is 2.59. The van der Waals surface area contributed by atoms with Crippen molar-refractivity contribution in [2.45, 2.75) is 9.79 Å². The summed E-state index contributed by atoms with van der Waals surface area (Å²) in [5.74, 6) is -0.498. The third kappa shape index (κ3) is 11.0. The molecular formula is C14H12MnN2Na2O9S2. The zero-order chi connectivity index (χ0) is 19.2. The monoisotopic (exact) mass is 517 g/mol. The summed E-state index contributed by atoms with van der Waals surface area (Å²) in [5, 5.41) is 32.3. The standard InChI is InChI=1S/C14H12N2O8S2.Mn.2Na.H2O/c17-13-3-1-9(25-24-23-19)7-11(13)15-5-6-16-12-8-10(26(20,21)22)2-4-14(12)18;;;;/h1-8,17-19H,(H,20,21,22);;;;1H2/q;;2*+1;/p-2. The van der Waals surface area contributed by atoms with Crippen molar-refractivity contribution in [3.05, 3.63) is 36.4 Å². The molecule has 0 saturated carbocycles. The Labute approximate surface area is 230 Å². The summed E-state index contributed by atoms with van der Waals surface area (Å²) in [5.41, 5.74) is -0.0287. The summed E-state index contributed by atoms with van der Waals surface area (Å²) in [4.78, 5) is 7.60. The minimum absolute atomic E-state index is 0. The number of hydrogen-bond donors (Lipinski definition) is 2. The second-order valence-corrected chi connectivity index (χ2v) is 6.68. The molecule has 0 atom stereocenters. The zero-order valence-electron chi connectivity index (χ0n) is 15.6. The first-order valence-electron chi connectivity index (χ1n) is 6.63. The fourth-order valence-corrected chi connectivity index (χ4v) is 2.58. The van der Waals surface area contributed by atoms with Crippen molar-refractivity contribution in [3.63, 3.8) is 0 Å². The van der Waals surface area contributed by atoms with Gasteiger partial charge >= 0.3 is 59.1 Å². The normalized spacial score (nSPS) is 10.6. The van der Waals surface area contributed by atoms with Crippen LogP contribution in [0, 0.1) is 0 Å². The molecule has 30 heavy (non-hydrogen) atoms. The Hall–Kier alpha value is -0.000519. The molecule has 0 aliphatic rings. The van der Waals surface area contributed by atoms with E-state index < -0.39 is 15.0 Å². The smallest absolute Gasteiger partial charge is 0.744 e. The van der Waals surface area contributed by atoms with Gasteiger partial charge in [-0.15, -0.1) is 0 Å². The van der Waals surface area contributed by atoms with Crippen LogP contribution in [-0.2, 0) is 36.6 Å². The molecule has 0 spiro atoms. The summed E-state index contributed by atoms with van der Waals surface area (Å²) in [6, 6.07) is 7.06. The first kappa shape index (κ1) is 34.6. The van der Waals surface area contributed by atoms with Crippen molar-refractivity contribution in [3.8, 4) is 11.5 Å². The van der Waals surface area contributed by atoms with Crippen LogP contribution in [-0.4, -0.2) is 41.1 Å². The van der Waals surface area contributed by atoms with Gasteiger partial charge in [-0.1, -0.05) is 0 Å². The largest absolute Gasteiger partial charge is 1.00 e. The first-order chi connectivity index (χ1) is 12.3. The molecule has 0 saturated heterocycles. The Balaban J connectivity index is -0.00000182. The van der Waals surface area contributed by atoms with Crippen LogP contribution in [0.15, 0.2) is 56.2 Å². The molecule has 0 aromatic heterocycles. The minimum atomic E-state index is -4.68. The maximum atomic E-state index is 11.0. The van der Waals surface area contributed by atoms with Gasteiger partial charge in [0.1, 0.15) is 33.0 Å². The van der Waals surface area contributed by atoms with E-state index in [4.69, 9.17) is 0 Å². The zero-order valence-corrected chi connectivity index (χ0v) is 22.4. The van der Waals surface area contributed by atoms with E-state index in [0.29, 0.717) is 16.9 Å². The molecule has 0 aliphatic heterocycles. The molecule has 4 N–H and O–H groups in total. The van der Waals surface area contributed by atoms with Gasteiger partial charge in [0, 0.05) is 34.4 Å². The van der Waals surface area contributed by atoms with Crippen LogP contribution in [0.5, 0.6) is 11.5 Å². The fourth-order valence-electron chi connectivity index (χ4n) is 1.70. The summed E-state index contributed by atoms with van der Waals surface area (Å²) < 4.78 is 37.1. The van der Waals surface area contributed by atoms with E-state index in [2.05, 4.69) is 19.4 Å². The third-order valence-electron chi connectivity index (χ3n) is 2.83. The van der Waals surface area contributed by atoms with Gasteiger partial charge in [0.2, 0.25) is 0 Å². The minimum Gasteiger partial charge on any atom is -0.744 e. The van der Waals surface area contributed by atoms with Crippen molar-refractivity contribution in [2.75, 3.05) is 0 Å². The van der Waals surface area contributed by atoms with E-state index in [1.807, 2.05) is 0 Å². The van der Waals surface area contributed by atoms with Gasteiger partial charge in [-0.3, -0.25) is 15.0 Å². The molecule has 0 bridgehead atoms. The second-order valence-electron chi connectivity index (χ2n) is 4.53. The topological polar surface area (TPSA) is 195 Å². The predicted molar refractivity (Wildman–Crippen MR) is 92.1 cm³/mol. The molecule has 2 rings (SSSR count). The van der Waals surface area contributed by atoms with Crippen molar-refractivity contribution in [1.29, 1.82) is 0 Å². The number of hydrogen-bond acceptors (Lipinski definition) is 11. The van der Waals surface area contributed by atoms with Crippen LogP contribution < -0.4 is 64.4 Å². The van der Waals surface area contributed by atoms with Crippen molar-refractivity contribution >= 4 is 46.0 Å². The molecule has 0 aliphatic carbocycles. The average molecular weight is 517 g/mol. The van der Waals surface area contributed by atoms with Gasteiger partial charge in [-0.05, 0) is 36.4 Å². The third-order valence-corrected chi connectivity index (χ3v) is 4.24. The van der Waals surface area contributed by atoms with Crippen molar-refractivity contribution < 1.29 is 119 Å². The molecule has 2 aromatic carbocycles. The summed E-state index contributed by atoms with van der Waals surface area (Å²) >= 11 is 0.612. The Morgan fingerprint density at radius 3 is 1.97 bits per heavy atom. The van der Waals surface area contributed by atoms with Gasteiger partial charge in [0.15, 0.2) is 0 Å². The molecule has 0 heterocycles. The fraction of sp³-hybridized carbons (Fsp3) is 0. The van der Waals surface area contributed by atoms with E-state index >= 15 is 0 Å². The Bertz CT molecular complexity index is 962. The van der Waals surface area contributed by atoms with E-state index in [1.165, 1.54) is 18.2 Å². The van der Waals surface area contributed by atoms with E-state index in [-0.39, 0.29) is 105 Å². The molecule has 16 heteroatoms. The second kappa shape index (κ2) is 16.6. The summed E-state index contributed by atoms with van der Waals surface area (Å²) in [6.07, 6.45) is 2.28. The number of phenols is 2. The maximum absolute atomic E-state index is 11.0. The molecular weight excluding hydrogens is 505 g/mol. The van der Waals surface area contributed by atoms with Crippen LogP contribution in [0.2, 0.25) is 0 Å². The first-order valence-corrected chi connectivity index (χ1v) is 8.78. The number of benzene rings is 2. The number of phenolic OH excluding ortho intramolecular Hbond substituents is 2. The maximum Gasteiger partial charge on any atom is 1.00 e. The molecule has 0 amide bonds. The molecule has 0 fully saturated rings. The van der Waals surface area contributed by atoms with Crippen molar-refractivity contribution in [1.82, 2.24) is 0 Å². The SMILES string of the molecule is O.O=S(=O)([O-])c1ccc(O)c(N=CC=Nc2cc(SOO[O-])ccc2O)c1.[Mn].[Na+].[Na+]. The summed E-state index contributed by atoms with van der Waals surface area (Å²) in [7, 11) is -4.68. The Morgan fingerprint density at radius 1 is 0.967 bits per heavy atom. The van der Waals surface area contributed by atoms with Gasteiger partial charge in [-0.25, -0.2) is 8.42 Å². The molecule has 0 unspecified atom stereocenters. The number of rotatable bonds is 7. The molecule has 153 valence electrons. The molecule has 11 nitrogen and oxygen atoms in total. The van der Waals surface area contributed by atoms with Crippen LogP contribution in [0.3, 0.4) is 0 Å². The number of aromatic hydroxyl groups is 2.